The van der Waals surface area contributed by atoms with E-state index in [1.54, 1.807) is 10.6 Å². The van der Waals surface area contributed by atoms with Gasteiger partial charge in [-0.1, -0.05) is 11.2 Å². The van der Waals surface area contributed by atoms with Crippen LogP contribution in [0.25, 0.3) is 10.6 Å². The van der Waals surface area contributed by atoms with E-state index < -0.39 is 0 Å². The first-order valence-corrected chi connectivity index (χ1v) is 7.07. The molecule has 0 spiro atoms. The van der Waals surface area contributed by atoms with E-state index in [9.17, 15) is 4.79 Å². The number of thiazole rings is 1. The van der Waals surface area contributed by atoms with Crippen molar-refractivity contribution in [2.45, 2.75) is 6.61 Å². The summed E-state index contributed by atoms with van der Waals surface area (Å²) in [4.78, 5) is 16.9. The smallest absolute Gasteiger partial charge is 0.321 e. The molecule has 4 aromatic heterocycles. The average molecular weight is 299 g/mol. The van der Waals surface area contributed by atoms with Gasteiger partial charge >= 0.3 is 6.01 Å². The molecule has 0 fully saturated rings. The first kappa shape index (κ1) is 12.0. The van der Waals surface area contributed by atoms with Gasteiger partial charge in [0.05, 0.1) is 5.69 Å². The molecule has 8 heteroatoms. The SMILES string of the molecule is O=c1cc(COc2nnc3ccccn23)nc2sccn12. The Bertz CT molecular complexity index is 987. The van der Waals surface area contributed by atoms with Gasteiger partial charge in [-0.05, 0) is 12.1 Å². The highest BCUT2D eigenvalue weighted by Gasteiger charge is 2.08. The molecule has 21 heavy (non-hydrogen) atoms. The van der Waals surface area contributed by atoms with Crippen molar-refractivity contribution in [3.63, 3.8) is 0 Å². The van der Waals surface area contributed by atoms with E-state index in [2.05, 4.69) is 15.2 Å². The third-order valence-corrected chi connectivity index (χ3v) is 3.74. The number of ether oxygens (including phenoxy) is 1. The first-order chi connectivity index (χ1) is 10.3. The fourth-order valence-corrected chi connectivity index (χ4v) is 2.76. The standard InChI is InChI=1S/C13H9N5O2S/c19-11-7-9(14-13-18(11)5-6-21-13)8-20-12-16-15-10-3-1-2-4-17(10)12/h1-7H,8H2. The van der Waals surface area contributed by atoms with Crippen LogP contribution in [0.15, 0.2) is 46.8 Å². The summed E-state index contributed by atoms with van der Waals surface area (Å²) in [5.41, 5.74) is 1.15. The summed E-state index contributed by atoms with van der Waals surface area (Å²) in [6.07, 6.45) is 3.52. The van der Waals surface area contributed by atoms with Gasteiger partial charge < -0.3 is 4.74 Å². The van der Waals surface area contributed by atoms with Gasteiger partial charge in [0.15, 0.2) is 10.6 Å². The van der Waals surface area contributed by atoms with Crippen LogP contribution >= 0.6 is 11.3 Å². The molecule has 0 aromatic carbocycles. The molecular weight excluding hydrogens is 290 g/mol. The topological polar surface area (TPSA) is 73.8 Å². The Hall–Kier alpha value is -2.74. The Balaban J connectivity index is 1.64. The van der Waals surface area contributed by atoms with Crippen LogP contribution < -0.4 is 10.3 Å². The Kier molecular flexibility index (Phi) is 2.68. The highest BCUT2D eigenvalue weighted by atomic mass is 32.1. The van der Waals surface area contributed by atoms with Gasteiger partial charge in [-0.15, -0.1) is 16.4 Å². The van der Waals surface area contributed by atoms with Gasteiger partial charge in [0.25, 0.3) is 5.56 Å². The zero-order chi connectivity index (χ0) is 14.2. The van der Waals surface area contributed by atoms with Gasteiger partial charge in [-0.2, -0.15) is 0 Å². The normalized spacial score (nSPS) is 11.2. The van der Waals surface area contributed by atoms with E-state index in [1.165, 1.54) is 21.8 Å². The van der Waals surface area contributed by atoms with Crippen molar-refractivity contribution < 1.29 is 4.74 Å². The monoisotopic (exact) mass is 299 g/mol. The minimum atomic E-state index is -0.119. The van der Waals surface area contributed by atoms with Crippen LogP contribution in [0.1, 0.15) is 5.69 Å². The van der Waals surface area contributed by atoms with Crippen LogP contribution in [0, 0.1) is 0 Å². The maximum Gasteiger partial charge on any atom is 0.321 e. The summed E-state index contributed by atoms with van der Waals surface area (Å²) in [6, 6.07) is 7.41. The second-order valence-corrected chi connectivity index (χ2v) is 5.21. The molecule has 104 valence electrons. The van der Waals surface area contributed by atoms with Crippen molar-refractivity contribution >= 4 is 21.9 Å². The Morgan fingerprint density at radius 3 is 3.10 bits per heavy atom. The molecule has 4 heterocycles. The minimum Gasteiger partial charge on any atom is -0.457 e. The van der Waals surface area contributed by atoms with Gasteiger partial charge in [0.1, 0.15) is 6.61 Å². The third kappa shape index (κ3) is 2.05. The Morgan fingerprint density at radius 1 is 1.19 bits per heavy atom. The number of fused-ring (bicyclic) bond motifs is 2. The number of nitrogens with zero attached hydrogens (tertiary/aromatic N) is 5. The number of hydrogen-bond acceptors (Lipinski definition) is 6. The Morgan fingerprint density at radius 2 is 2.14 bits per heavy atom. The van der Waals surface area contributed by atoms with Crippen molar-refractivity contribution in [1.82, 2.24) is 24.0 Å². The molecule has 0 amide bonds. The lowest BCUT2D eigenvalue weighted by Gasteiger charge is -2.03. The lowest BCUT2D eigenvalue weighted by atomic mass is 10.4. The highest BCUT2D eigenvalue weighted by Crippen LogP contribution is 2.12. The van der Waals surface area contributed by atoms with Gasteiger partial charge in [-0.25, -0.2) is 4.98 Å². The summed E-state index contributed by atoms with van der Waals surface area (Å²) in [7, 11) is 0. The zero-order valence-electron chi connectivity index (χ0n) is 10.7. The lowest BCUT2D eigenvalue weighted by Crippen LogP contribution is -2.14. The Labute approximate surface area is 122 Å². The molecule has 0 N–H and O–H groups in total. The van der Waals surface area contributed by atoms with Crippen LogP contribution in [0.5, 0.6) is 6.01 Å². The quantitative estimate of drug-likeness (QED) is 0.571. The van der Waals surface area contributed by atoms with E-state index in [4.69, 9.17) is 4.74 Å². The number of aromatic nitrogens is 5. The fourth-order valence-electron chi connectivity index (χ4n) is 2.02. The second kappa shape index (κ2) is 4.67. The molecule has 0 aliphatic rings. The number of rotatable bonds is 3. The molecule has 0 bridgehead atoms. The number of hydrogen-bond donors (Lipinski definition) is 0. The van der Waals surface area contributed by atoms with Crippen LogP contribution in [-0.2, 0) is 6.61 Å². The summed E-state index contributed by atoms with van der Waals surface area (Å²) < 4.78 is 8.84. The summed E-state index contributed by atoms with van der Waals surface area (Å²) in [5.74, 6) is 0. The van der Waals surface area contributed by atoms with E-state index in [1.807, 2.05) is 29.8 Å². The fraction of sp³-hybridized carbons (Fsp3) is 0.0769. The first-order valence-electron chi connectivity index (χ1n) is 6.19. The van der Waals surface area contributed by atoms with Crippen molar-refractivity contribution in [1.29, 1.82) is 0 Å². The molecule has 0 radical (unpaired) electrons. The van der Waals surface area contributed by atoms with E-state index in [0.717, 1.165) is 0 Å². The molecule has 7 nitrogen and oxygen atoms in total. The molecule has 0 unspecified atom stereocenters. The average Bonchev–Trinajstić information content (AvgIpc) is 3.12. The minimum absolute atomic E-state index is 0.119. The molecule has 0 saturated heterocycles. The summed E-state index contributed by atoms with van der Waals surface area (Å²) >= 11 is 1.40. The lowest BCUT2D eigenvalue weighted by molar-refractivity contribution is 0.273. The van der Waals surface area contributed by atoms with Crippen molar-refractivity contribution in [3.8, 4) is 6.01 Å². The van der Waals surface area contributed by atoms with Crippen molar-refractivity contribution in [3.05, 3.63) is 58.1 Å². The van der Waals surface area contributed by atoms with Gasteiger partial charge in [0.2, 0.25) is 0 Å². The predicted molar refractivity (Wildman–Crippen MR) is 76.7 cm³/mol. The van der Waals surface area contributed by atoms with Crippen LogP contribution in [0.2, 0.25) is 0 Å². The molecule has 0 aliphatic heterocycles. The van der Waals surface area contributed by atoms with Crippen molar-refractivity contribution in [2.75, 3.05) is 0 Å². The third-order valence-electron chi connectivity index (χ3n) is 2.99. The van der Waals surface area contributed by atoms with E-state index in [0.29, 0.717) is 22.3 Å². The van der Waals surface area contributed by atoms with Crippen LogP contribution in [0.4, 0.5) is 0 Å². The van der Waals surface area contributed by atoms with E-state index in [-0.39, 0.29) is 12.2 Å². The molecule has 0 aliphatic carbocycles. The van der Waals surface area contributed by atoms with Crippen molar-refractivity contribution in [2.24, 2.45) is 0 Å². The molecule has 0 saturated carbocycles. The van der Waals surface area contributed by atoms with Gasteiger partial charge in [-0.3, -0.25) is 13.6 Å². The summed E-state index contributed by atoms with van der Waals surface area (Å²) in [5, 5.41) is 9.78. The molecule has 0 atom stereocenters. The highest BCUT2D eigenvalue weighted by molar-refractivity contribution is 7.15. The van der Waals surface area contributed by atoms with Crippen LogP contribution in [0.3, 0.4) is 0 Å². The predicted octanol–water partition coefficient (Wildman–Crippen LogP) is 1.38. The van der Waals surface area contributed by atoms with E-state index >= 15 is 0 Å². The number of pyridine rings is 1. The van der Waals surface area contributed by atoms with Gasteiger partial charge in [0, 0.05) is 23.8 Å². The summed E-state index contributed by atoms with van der Waals surface area (Å²) in [6.45, 7) is 0.166. The van der Waals surface area contributed by atoms with Crippen LogP contribution in [-0.4, -0.2) is 24.0 Å². The zero-order valence-corrected chi connectivity index (χ0v) is 11.5. The molecule has 4 rings (SSSR count). The molecule has 4 aromatic rings. The maximum atomic E-state index is 11.9. The largest absolute Gasteiger partial charge is 0.457 e. The second-order valence-electron chi connectivity index (χ2n) is 4.34. The molecular formula is C13H9N5O2S. The maximum absolute atomic E-state index is 11.9.